The van der Waals surface area contributed by atoms with Crippen LogP contribution in [0.2, 0.25) is 0 Å². The van der Waals surface area contributed by atoms with Crippen molar-refractivity contribution in [3.8, 4) is 0 Å². The van der Waals surface area contributed by atoms with Gasteiger partial charge in [-0.15, -0.1) is 0 Å². The third-order valence-corrected chi connectivity index (χ3v) is 6.42. The summed E-state index contributed by atoms with van der Waals surface area (Å²) in [6, 6.07) is 30.0. The second kappa shape index (κ2) is 12.2. The van der Waals surface area contributed by atoms with Crippen LogP contribution in [0.4, 0.5) is 0 Å². The molecule has 3 aromatic carbocycles. The first kappa shape index (κ1) is 25.2. The Labute approximate surface area is 201 Å². The average molecular weight is 445 g/mol. The van der Waals surface area contributed by atoms with Crippen LogP contribution in [-0.2, 0) is 22.7 Å². The summed E-state index contributed by atoms with van der Waals surface area (Å²) in [6.07, 6.45) is 0. The molecule has 0 bridgehead atoms. The van der Waals surface area contributed by atoms with Gasteiger partial charge in [-0.05, 0) is 33.6 Å². The van der Waals surface area contributed by atoms with Crippen LogP contribution in [0.25, 0.3) is 0 Å². The largest absolute Gasteiger partial charge is 0.376 e. The summed E-state index contributed by atoms with van der Waals surface area (Å²) >= 11 is 0. The molecule has 0 unspecified atom stereocenters. The topological polar surface area (TPSA) is 18.5 Å². The van der Waals surface area contributed by atoms with Crippen LogP contribution in [0, 0.1) is 11.3 Å². The molecule has 0 spiro atoms. The van der Waals surface area contributed by atoms with Crippen molar-refractivity contribution in [3.05, 3.63) is 107 Å². The fourth-order valence-corrected chi connectivity index (χ4v) is 4.24. The van der Waals surface area contributed by atoms with E-state index in [1.54, 1.807) is 0 Å². The van der Waals surface area contributed by atoms with E-state index in [2.05, 4.69) is 120 Å². The van der Waals surface area contributed by atoms with Crippen molar-refractivity contribution in [3.63, 3.8) is 0 Å². The predicted octanol–water partition coefficient (Wildman–Crippen LogP) is 7.99. The lowest BCUT2D eigenvalue weighted by atomic mass is 9.77. The smallest absolute Gasteiger partial charge is 0.0717 e. The molecule has 0 saturated heterocycles. The van der Waals surface area contributed by atoms with Crippen LogP contribution < -0.4 is 0 Å². The molecule has 3 aromatic rings. The van der Waals surface area contributed by atoms with Gasteiger partial charge in [-0.2, -0.15) is 0 Å². The van der Waals surface area contributed by atoms with Gasteiger partial charge in [0, 0.05) is 11.8 Å². The van der Waals surface area contributed by atoms with Gasteiger partial charge in [-0.25, -0.2) is 0 Å². The fraction of sp³-hybridized carbons (Fsp3) is 0.419. The summed E-state index contributed by atoms with van der Waals surface area (Å²) in [6.45, 7) is 14.1. The summed E-state index contributed by atoms with van der Waals surface area (Å²) in [5.74, 6) is 1.32. The Bertz CT molecular complexity index is 924. The maximum absolute atomic E-state index is 6.16. The van der Waals surface area contributed by atoms with Crippen LogP contribution in [0.1, 0.15) is 68.7 Å². The highest BCUT2D eigenvalue weighted by atomic mass is 16.5. The Hall–Kier alpha value is -2.42. The minimum atomic E-state index is 0.149. The van der Waals surface area contributed by atoms with Crippen molar-refractivity contribution < 1.29 is 9.47 Å². The van der Waals surface area contributed by atoms with Gasteiger partial charge in [0.05, 0.1) is 26.4 Å². The first-order valence-corrected chi connectivity index (χ1v) is 12.2. The minimum Gasteiger partial charge on any atom is -0.376 e. The molecule has 0 saturated carbocycles. The third-order valence-electron chi connectivity index (χ3n) is 6.42. The lowest BCUT2D eigenvalue weighted by Crippen LogP contribution is -2.23. The fourth-order valence-electron chi connectivity index (χ4n) is 4.24. The molecule has 0 aliphatic carbocycles. The van der Waals surface area contributed by atoms with Gasteiger partial charge in [-0.3, -0.25) is 0 Å². The van der Waals surface area contributed by atoms with Crippen LogP contribution in [-0.4, -0.2) is 13.2 Å². The van der Waals surface area contributed by atoms with E-state index >= 15 is 0 Å². The zero-order chi connectivity index (χ0) is 23.7. The first-order valence-electron chi connectivity index (χ1n) is 12.2. The molecule has 2 nitrogen and oxygen atoms in total. The Morgan fingerprint density at radius 2 is 1.06 bits per heavy atom. The molecule has 2 heteroatoms. The Morgan fingerprint density at radius 1 is 0.606 bits per heavy atom. The summed E-state index contributed by atoms with van der Waals surface area (Å²) in [4.78, 5) is 0. The summed E-state index contributed by atoms with van der Waals surface area (Å²) in [5.41, 5.74) is 5.24. The van der Waals surface area contributed by atoms with Crippen LogP contribution in [0.5, 0.6) is 0 Å². The van der Waals surface area contributed by atoms with Crippen LogP contribution >= 0.6 is 0 Å². The van der Waals surface area contributed by atoms with E-state index in [1.165, 1.54) is 22.3 Å². The monoisotopic (exact) mass is 444 g/mol. The first-order chi connectivity index (χ1) is 15.8. The number of ether oxygens (including phenoxy) is 2. The second-order valence-electron chi connectivity index (χ2n) is 10.4. The second-order valence-corrected chi connectivity index (χ2v) is 10.4. The van der Waals surface area contributed by atoms with Gasteiger partial charge in [-0.1, -0.05) is 120 Å². The van der Waals surface area contributed by atoms with Crippen molar-refractivity contribution in [2.45, 2.75) is 59.7 Å². The molecule has 0 N–H and O–H groups in total. The van der Waals surface area contributed by atoms with Crippen LogP contribution in [0.3, 0.4) is 0 Å². The van der Waals surface area contributed by atoms with Crippen molar-refractivity contribution in [1.82, 2.24) is 0 Å². The molecule has 176 valence electrons. The highest BCUT2D eigenvalue weighted by Gasteiger charge is 2.26. The van der Waals surface area contributed by atoms with Gasteiger partial charge >= 0.3 is 0 Å². The van der Waals surface area contributed by atoms with Crippen molar-refractivity contribution in [1.29, 1.82) is 0 Å². The standard InChI is InChI=1S/C31H40O2/c1-24(2)29(27-12-8-6-9-13-27)22-32-20-25-16-18-26(19-17-25)21-33-23-30(31(3,4)5)28-14-10-7-11-15-28/h6-19,24,29-30H,20-23H2,1-5H3/t29-,30+/m0/s1. The number of rotatable bonds is 11. The summed E-state index contributed by atoms with van der Waals surface area (Å²) < 4.78 is 12.3. The van der Waals surface area contributed by atoms with Gasteiger partial charge in [0.2, 0.25) is 0 Å². The lowest BCUT2D eigenvalue weighted by molar-refractivity contribution is 0.0769. The SMILES string of the molecule is CC(C)[C@H](COCc1ccc(COC[C@H](c2ccccc2)C(C)(C)C)cc1)c1ccccc1. The van der Waals surface area contributed by atoms with Crippen LogP contribution in [0.15, 0.2) is 84.9 Å². The van der Waals surface area contributed by atoms with E-state index in [1.807, 2.05) is 0 Å². The predicted molar refractivity (Wildman–Crippen MR) is 138 cm³/mol. The zero-order valence-electron chi connectivity index (χ0n) is 21.0. The molecule has 3 rings (SSSR count). The molecule has 0 aliphatic rings. The normalized spacial score (nSPS) is 13.8. The zero-order valence-corrected chi connectivity index (χ0v) is 21.0. The molecule has 0 aliphatic heterocycles. The molecule has 33 heavy (non-hydrogen) atoms. The van der Waals surface area contributed by atoms with Gasteiger partial charge < -0.3 is 9.47 Å². The van der Waals surface area contributed by atoms with E-state index in [0.717, 1.165) is 6.61 Å². The number of hydrogen-bond acceptors (Lipinski definition) is 2. The third kappa shape index (κ3) is 7.84. The van der Waals surface area contributed by atoms with Crippen molar-refractivity contribution >= 4 is 0 Å². The molecule has 0 heterocycles. The Morgan fingerprint density at radius 3 is 1.52 bits per heavy atom. The number of hydrogen-bond donors (Lipinski definition) is 0. The quantitative estimate of drug-likeness (QED) is 0.298. The highest BCUT2D eigenvalue weighted by Crippen LogP contribution is 2.35. The van der Waals surface area contributed by atoms with E-state index in [4.69, 9.17) is 9.47 Å². The molecule has 0 amide bonds. The van der Waals surface area contributed by atoms with Gasteiger partial charge in [0.15, 0.2) is 0 Å². The van der Waals surface area contributed by atoms with Crippen molar-refractivity contribution in [2.75, 3.05) is 13.2 Å². The van der Waals surface area contributed by atoms with E-state index in [0.29, 0.717) is 37.6 Å². The average Bonchev–Trinajstić information content (AvgIpc) is 2.80. The molecular weight excluding hydrogens is 404 g/mol. The van der Waals surface area contributed by atoms with Crippen molar-refractivity contribution in [2.24, 2.45) is 11.3 Å². The van der Waals surface area contributed by atoms with Gasteiger partial charge in [0.1, 0.15) is 0 Å². The maximum atomic E-state index is 6.16. The minimum absolute atomic E-state index is 0.149. The molecule has 2 atom stereocenters. The molecule has 0 fully saturated rings. The summed E-state index contributed by atoms with van der Waals surface area (Å²) in [5, 5.41) is 0. The molecule has 0 radical (unpaired) electrons. The number of benzene rings is 3. The molecular formula is C31H40O2. The van der Waals surface area contributed by atoms with Gasteiger partial charge in [0.25, 0.3) is 0 Å². The highest BCUT2D eigenvalue weighted by molar-refractivity contribution is 5.23. The van der Waals surface area contributed by atoms with E-state index in [-0.39, 0.29) is 5.41 Å². The summed E-state index contributed by atoms with van der Waals surface area (Å²) in [7, 11) is 0. The Kier molecular flexibility index (Phi) is 9.29. The lowest BCUT2D eigenvalue weighted by Gasteiger charge is -2.31. The Balaban J connectivity index is 1.48. The van der Waals surface area contributed by atoms with E-state index < -0.39 is 0 Å². The maximum Gasteiger partial charge on any atom is 0.0717 e. The molecule has 0 aromatic heterocycles. The van der Waals surface area contributed by atoms with E-state index in [9.17, 15) is 0 Å².